The van der Waals surface area contributed by atoms with E-state index in [1.807, 2.05) is 25.1 Å². The predicted octanol–water partition coefficient (Wildman–Crippen LogP) is 3.34. The van der Waals surface area contributed by atoms with Gasteiger partial charge in [-0.2, -0.15) is 5.10 Å². The van der Waals surface area contributed by atoms with Gasteiger partial charge in [0, 0.05) is 20.6 Å². The minimum atomic E-state index is -0.472. The number of amides is 2. The molecule has 29 heavy (non-hydrogen) atoms. The van der Waals surface area contributed by atoms with Gasteiger partial charge in [-0.25, -0.2) is 0 Å². The quantitative estimate of drug-likeness (QED) is 0.620. The summed E-state index contributed by atoms with van der Waals surface area (Å²) >= 11 is 6.22. The van der Waals surface area contributed by atoms with E-state index in [9.17, 15) is 9.59 Å². The number of rotatable bonds is 9. The number of imide groups is 1. The topological polar surface area (TPSA) is 73.7 Å². The molecule has 1 aromatic heterocycles. The number of methoxy groups -OCH3 is 1. The first-order chi connectivity index (χ1) is 13.8. The Balaban J connectivity index is 2.08. The van der Waals surface area contributed by atoms with Crippen molar-refractivity contribution in [3.8, 4) is 5.75 Å². The van der Waals surface area contributed by atoms with Crippen molar-refractivity contribution in [1.29, 1.82) is 0 Å². The van der Waals surface area contributed by atoms with Crippen LogP contribution in [0.15, 0.2) is 18.2 Å². The second-order valence-corrected chi connectivity index (χ2v) is 7.14. The number of carbonyl (C=O) groups is 2. The molecule has 2 rings (SSSR count). The molecule has 0 fully saturated rings. The average molecular weight is 422 g/mol. The lowest BCUT2D eigenvalue weighted by Gasteiger charge is -2.21. The molecule has 2 aromatic rings. The highest BCUT2D eigenvalue weighted by Gasteiger charge is 2.27. The zero-order valence-electron chi connectivity index (χ0n) is 17.6. The molecule has 0 aliphatic rings. The van der Waals surface area contributed by atoms with E-state index in [0.29, 0.717) is 12.3 Å². The van der Waals surface area contributed by atoms with Crippen LogP contribution in [0.2, 0.25) is 5.02 Å². The van der Waals surface area contributed by atoms with Gasteiger partial charge in [-0.05, 0) is 37.5 Å². The highest BCUT2D eigenvalue weighted by molar-refractivity contribution is 6.34. The van der Waals surface area contributed by atoms with Crippen molar-refractivity contribution in [2.45, 2.75) is 33.6 Å². The Morgan fingerprint density at radius 1 is 1.24 bits per heavy atom. The van der Waals surface area contributed by atoms with Gasteiger partial charge in [0.15, 0.2) is 0 Å². The van der Waals surface area contributed by atoms with Gasteiger partial charge in [0.05, 0.1) is 23.9 Å². The molecule has 0 saturated heterocycles. The first-order valence-electron chi connectivity index (χ1n) is 9.55. The van der Waals surface area contributed by atoms with Gasteiger partial charge in [0.25, 0.3) is 5.91 Å². The molecule has 8 heteroatoms. The lowest BCUT2D eigenvalue weighted by Crippen LogP contribution is -2.40. The second-order valence-electron chi connectivity index (χ2n) is 6.77. The second kappa shape index (κ2) is 10.4. The van der Waals surface area contributed by atoms with E-state index in [1.54, 1.807) is 28.0 Å². The van der Waals surface area contributed by atoms with Crippen LogP contribution in [0.1, 0.15) is 40.7 Å². The van der Waals surface area contributed by atoms with Crippen molar-refractivity contribution >= 4 is 23.4 Å². The third-order valence-corrected chi connectivity index (χ3v) is 5.06. The molecule has 0 bridgehead atoms. The first-order valence-corrected chi connectivity index (χ1v) is 9.93. The van der Waals surface area contributed by atoms with E-state index < -0.39 is 5.91 Å². The number of ether oxygens (including phenoxy) is 2. The smallest absolute Gasteiger partial charge is 0.280 e. The number of aromatic nitrogens is 2. The van der Waals surface area contributed by atoms with Crippen LogP contribution >= 0.6 is 11.6 Å². The van der Waals surface area contributed by atoms with E-state index in [2.05, 4.69) is 5.10 Å². The zero-order chi connectivity index (χ0) is 21.6. The summed E-state index contributed by atoms with van der Waals surface area (Å²) in [5.74, 6) is -0.0442. The van der Waals surface area contributed by atoms with E-state index in [0.717, 1.165) is 23.3 Å². The summed E-state index contributed by atoms with van der Waals surface area (Å²) in [7, 11) is 3.31. The number of carbonyl (C=O) groups excluding carboxylic acids is 2. The molecule has 158 valence electrons. The van der Waals surface area contributed by atoms with Crippen molar-refractivity contribution in [3.05, 3.63) is 45.7 Å². The molecule has 0 atom stereocenters. The number of halogens is 1. The predicted molar refractivity (Wildman–Crippen MR) is 112 cm³/mol. The Morgan fingerprint density at radius 3 is 2.52 bits per heavy atom. The molecular formula is C21H28ClN3O4. The van der Waals surface area contributed by atoms with E-state index in [-0.39, 0.29) is 36.2 Å². The average Bonchev–Trinajstić information content (AvgIpc) is 2.95. The fraction of sp³-hybridized carbons (Fsp3) is 0.476. The normalized spacial score (nSPS) is 10.8. The standard InChI is InChI=1S/C21H28ClN3O4/c1-6-18(26)25(21(27)20-19(22)15(3)23-24(20)4)10-12-29-17-8-7-16(9-11-28-5)13-14(17)2/h7-8,13H,6,9-12H2,1-5H3. The fourth-order valence-corrected chi connectivity index (χ4v) is 3.26. The number of benzene rings is 1. The number of aryl methyl sites for hydroxylation is 3. The lowest BCUT2D eigenvalue weighted by molar-refractivity contribution is -0.128. The molecule has 0 unspecified atom stereocenters. The molecule has 1 aromatic carbocycles. The highest BCUT2D eigenvalue weighted by Crippen LogP contribution is 2.22. The summed E-state index contributed by atoms with van der Waals surface area (Å²) in [5.41, 5.74) is 2.89. The zero-order valence-corrected chi connectivity index (χ0v) is 18.4. The lowest BCUT2D eigenvalue weighted by atomic mass is 10.1. The minimum absolute atomic E-state index is 0.122. The van der Waals surface area contributed by atoms with Crippen LogP contribution in [0.5, 0.6) is 5.75 Å². The van der Waals surface area contributed by atoms with E-state index in [1.165, 1.54) is 9.58 Å². The van der Waals surface area contributed by atoms with Gasteiger partial charge in [-0.1, -0.05) is 30.7 Å². The largest absolute Gasteiger partial charge is 0.491 e. The monoisotopic (exact) mass is 421 g/mol. The van der Waals surface area contributed by atoms with Crippen LogP contribution in [0.25, 0.3) is 0 Å². The first kappa shape index (κ1) is 22.9. The summed E-state index contributed by atoms with van der Waals surface area (Å²) in [6, 6.07) is 5.93. The molecule has 0 N–H and O–H groups in total. The van der Waals surface area contributed by atoms with Crippen molar-refractivity contribution in [2.24, 2.45) is 7.05 Å². The Labute approximate surface area is 176 Å². The molecule has 0 aliphatic carbocycles. The fourth-order valence-electron chi connectivity index (χ4n) is 3.02. The molecule has 0 spiro atoms. The van der Waals surface area contributed by atoms with Crippen molar-refractivity contribution in [3.63, 3.8) is 0 Å². The maximum absolute atomic E-state index is 12.9. The molecule has 0 saturated carbocycles. The number of nitrogens with zero attached hydrogens (tertiary/aromatic N) is 3. The van der Waals surface area contributed by atoms with Crippen LogP contribution < -0.4 is 4.74 Å². The minimum Gasteiger partial charge on any atom is -0.491 e. The van der Waals surface area contributed by atoms with Crippen LogP contribution in [-0.4, -0.2) is 53.4 Å². The van der Waals surface area contributed by atoms with Crippen molar-refractivity contribution in [2.75, 3.05) is 26.9 Å². The Bertz CT molecular complexity index is 879. The third kappa shape index (κ3) is 5.58. The third-order valence-electron chi connectivity index (χ3n) is 4.61. The molecule has 7 nitrogen and oxygen atoms in total. The van der Waals surface area contributed by atoms with E-state index in [4.69, 9.17) is 21.1 Å². The maximum Gasteiger partial charge on any atom is 0.280 e. The highest BCUT2D eigenvalue weighted by atomic mass is 35.5. The maximum atomic E-state index is 12.9. The molecular weight excluding hydrogens is 394 g/mol. The Morgan fingerprint density at radius 2 is 1.97 bits per heavy atom. The SMILES string of the molecule is CCC(=O)N(CCOc1ccc(CCOC)cc1C)C(=O)c1c(Cl)c(C)nn1C. The van der Waals surface area contributed by atoms with Crippen LogP contribution in [0.3, 0.4) is 0 Å². The number of hydrogen-bond acceptors (Lipinski definition) is 5. The summed E-state index contributed by atoms with van der Waals surface area (Å²) in [6.45, 7) is 6.35. The van der Waals surface area contributed by atoms with Gasteiger partial charge >= 0.3 is 0 Å². The van der Waals surface area contributed by atoms with Crippen LogP contribution in [-0.2, 0) is 23.0 Å². The summed E-state index contributed by atoms with van der Waals surface area (Å²) in [4.78, 5) is 26.5. The van der Waals surface area contributed by atoms with Gasteiger partial charge in [-0.3, -0.25) is 19.2 Å². The molecule has 0 radical (unpaired) electrons. The van der Waals surface area contributed by atoms with E-state index >= 15 is 0 Å². The van der Waals surface area contributed by atoms with Gasteiger partial charge in [0.2, 0.25) is 5.91 Å². The summed E-state index contributed by atoms with van der Waals surface area (Å²) in [6.07, 6.45) is 1.03. The molecule has 1 heterocycles. The van der Waals surface area contributed by atoms with Crippen LogP contribution in [0, 0.1) is 13.8 Å². The summed E-state index contributed by atoms with van der Waals surface area (Å²) < 4.78 is 12.3. The van der Waals surface area contributed by atoms with Gasteiger partial charge in [0.1, 0.15) is 18.1 Å². The van der Waals surface area contributed by atoms with Crippen LogP contribution in [0.4, 0.5) is 0 Å². The number of hydrogen-bond donors (Lipinski definition) is 0. The summed E-state index contributed by atoms with van der Waals surface area (Å²) in [5, 5.41) is 4.41. The van der Waals surface area contributed by atoms with Crippen molar-refractivity contribution < 1.29 is 19.1 Å². The molecule has 0 aliphatic heterocycles. The Kier molecular flexibility index (Phi) is 8.22. The van der Waals surface area contributed by atoms with Gasteiger partial charge < -0.3 is 9.47 Å². The van der Waals surface area contributed by atoms with Gasteiger partial charge in [-0.15, -0.1) is 0 Å². The molecule has 2 amide bonds. The van der Waals surface area contributed by atoms with Crippen molar-refractivity contribution in [1.82, 2.24) is 14.7 Å². The Hall–Kier alpha value is -2.38.